The number of para-hydroxylation sites is 1. The van der Waals surface area contributed by atoms with Crippen molar-refractivity contribution in [2.24, 2.45) is 0 Å². The normalized spacial score (nSPS) is 19.6. The number of carbonyl (C=O) groups excluding carboxylic acids is 1. The number of carbonyl (C=O) groups is 1. The molecule has 2 rings (SSSR count). The van der Waals surface area contributed by atoms with E-state index in [1.165, 1.54) is 0 Å². The zero-order chi connectivity index (χ0) is 11.4. The topological polar surface area (TPSA) is 64.4 Å². The lowest BCUT2D eigenvalue weighted by molar-refractivity contribution is -0.121. The first-order valence-electron chi connectivity index (χ1n) is 5.46. The van der Waals surface area contributed by atoms with Crippen LogP contribution in [0.4, 0.5) is 5.69 Å². The molecule has 0 bridgehead atoms. The number of nitrogens with one attached hydrogen (secondary N) is 1. The first-order valence-corrected chi connectivity index (χ1v) is 5.46. The van der Waals surface area contributed by atoms with Gasteiger partial charge in [-0.2, -0.15) is 0 Å². The maximum atomic E-state index is 11.7. The van der Waals surface area contributed by atoms with Crippen molar-refractivity contribution in [3.8, 4) is 0 Å². The lowest BCUT2D eigenvalue weighted by atomic mass is 10.1. The summed E-state index contributed by atoms with van der Waals surface area (Å²) in [6, 6.07) is 7.60. The van der Waals surface area contributed by atoms with Crippen LogP contribution in [-0.2, 0) is 16.0 Å². The second-order valence-corrected chi connectivity index (χ2v) is 4.00. The Bertz CT molecular complexity index is 373. The number of benzene rings is 1. The summed E-state index contributed by atoms with van der Waals surface area (Å²) in [5, 5.41) is 2.94. The van der Waals surface area contributed by atoms with Gasteiger partial charge in [0.2, 0.25) is 5.91 Å². The number of anilines is 1. The van der Waals surface area contributed by atoms with Crippen LogP contribution in [0.5, 0.6) is 0 Å². The largest absolute Gasteiger partial charge is 0.398 e. The number of hydrogen-bond acceptors (Lipinski definition) is 3. The van der Waals surface area contributed by atoms with E-state index < -0.39 is 0 Å². The summed E-state index contributed by atoms with van der Waals surface area (Å²) in [5.41, 5.74) is 7.31. The highest BCUT2D eigenvalue weighted by molar-refractivity contribution is 5.80. The molecule has 16 heavy (non-hydrogen) atoms. The fraction of sp³-hybridized carbons (Fsp3) is 0.417. The molecule has 1 aliphatic rings. The van der Waals surface area contributed by atoms with Gasteiger partial charge in [-0.1, -0.05) is 18.2 Å². The molecule has 1 aliphatic heterocycles. The number of nitrogens with two attached hydrogens (primary N) is 1. The Morgan fingerprint density at radius 1 is 1.50 bits per heavy atom. The molecule has 1 aromatic rings. The van der Waals surface area contributed by atoms with E-state index in [1.807, 2.05) is 18.2 Å². The molecular weight excluding hydrogens is 204 g/mol. The third kappa shape index (κ3) is 2.73. The Kier molecular flexibility index (Phi) is 3.41. The van der Waals surface area contributed by atoms with Gasteiger partial charge in [-0.15, -0.1) is 0 Å². The number of amides is 1. The molecule has 0 aliphatic carbocycles. The van der Waals surface area contributed by atoms with Crippen LogP contribution < -0.4 is 11.1 Å². The van der Waals surface area contributed by atoms with Gasteiger partial charge in [0.15, 0.2) is 0 Å². The number of rotatable bonds is 3. The molecule has 0 radical (unpaired) electrons. The maximum Gasteiger partial charge on any atom is 0.224 e. The van der Waals surface area contributed by atoms with Crippen molar-refractivity contribution < 1.29 is 9.53 Å². The van der Waals surface area contributed by atoms with Crippen molar-refractivity contribution in [1.29, 1.82) is 0 Å². The fourth-order valence-electron chi connectivity index (χ4n) is 1.80. The lowest BCUT2D eigenvalue weighted by Crippen LogP contribution is -2.36. The molecule has 1 aromatic carbocycles. The molecule has 1 saturated heterocycles. The molecule has 4 nitrogen and oxygen atoms in total. The number of hydrogen-bond donors (Lipinski definition) is 2. The zero-order valence-electron chi connectivity index (χ0n) is 9.11. The maximum absolute atomic E-state index is 11.7. The molecule has 1 atom stereocenters. The zero-order valence-corrected chi connectivity index (χ0v) is 9.11. The third-order valence-corrected chi connectivity index (χ3v) is 2.70. The lowest BCUT2D eigenvalue weighted by Gasteiger charge is -2.11. The van der Waals surface area contributed by atoms with Gasteiger partial charge >= 0.3 is 0 Å². The van der Waals surface area contributed by atoms with Gasteiger partial charge in [-0.05, 0) is 18.1 Å². The van der Waals surface area contributed by atoms with Crippen LogP contribution in [0.1, 0.15) is 12.0 Å². The van der Waals surface area contributed by atoms with Crippen molar-refractivity contribution >= 4 is 11.6 Å². The van der Waals surface area contributed by atoms with Gasteiger partial charge in [0.25, 0.3) is 0 Å². The minimum absolute atomic E-state index is 0.00778. The predicted molar refractivity (Wildman–Crippen MR) is 61.9 cm³/mol. The standard InChI is InChI=1S/C12H16N2O2/c13-11-4-2-1-3-9(11)7-12(15)14-10-5-6-16-8-10/h1-4,10H,5-8,13H2,(H,14,15). The minimum atomic E-state index is 0.00778. The van der Waals surface area contributed by atoms with Crippen LogP contribution in [-0.4, -0.2) is 25.2 Å². The van der Waals surface area contributed by atoms with Crippen LogP contribution in [0.2, 0.25) is 0 Å². The predicted octanol–water partition coefficient (Wildman–Crippen LogP) is 0.716. The molecule has 0 spiro atoms. The third-order valence-electron chi connectivity index (χ3n) is 2.70. The molecule has 3 N–H and O–H groups in total. The first kappa shape index (κ1) is 11.0. The second-order valence-electron chi connectivity index (χ2n) is 4.00. The Morgan fingerprint density at radius 3 is 3.00 bits per heavy atom. The van der Waals surface area contributed by atoms with Crippen molar-refractivity contribution in [2.45, 2.75) is 18.9 Å². The van der Waals surface area contributed by atoms with Crippen LogP contribution in [0.25, 0.3) is 0 Å². The fourth-order valence-corrected chi connectivity index (χ4v) is 1.80. The number of nitrogen functional groups attached to an aromatic ring is 1. The van der Waals surface area contributed by atoms with E-state index in [1.54, 1.807) is 6.07 Å². The van der Waals surface area contributed by atoms with Crippen molar-refractivity contribution in [2.75, 3.05) is 18.9 Å². The van der Waals surface area contributed by atoms with E-state index in [4.69, 9.17) is 10.5 Å². The van der Waals surface area contributed by atoms with E-state index >= 15 is 0 Å². The van der Waals surface area contributed by atoms with Gasteiger partial charge in [0.05, 0.1) is 19.1 Å². The van der Waals surface area contributed by atoms with Gasteiger partial charge in [-0.3, -0.25) is 4.79 Å². The average molecular weight is 220 g/mol. The summed E-state index contributed by atoms with van der Waals surface area (Å²) in [7, 11) is 0. The van der Waals surface area contributed by atoms with Gasteiger partial charge in [0.1, 0.15) is 0 Å². The molecule has 1 fully saturated rings. The minimum Gasteiger partial charge on any atom is -0.398 e. The van der Waals surface area contributed by atoms with Gasteiger partial charge in [0, 0.05) is 12.3 Å². The molecule has 86 valence electrons. The molecule has 0 saturated carbocycles. The van der Waals surface area contributed by atoms with Crippen LogP contribution >= 0.6 is 0 Å². The van der Waals surface area contributed by atoms with E-state index in [2.05, 4.69) is 5.32 Å². The van der Waals surface area contributed by atoms with Gasteiger partial charge in [-0.25, -0.2) is 0 Å². The highest BCUT2D eigenvalue weighted by Crippen LogP contribution is 2.11. The molecule has 1 heterocycles. The SMILES string of the molecule is Nc1ccccc1CC(=O)NC1CCOC1. The van der Waals surface area contributed by atoms with Crippen molar-refractivity contribution in [1.82, 2.24) is 5.32 Å². The monoisotopic (exact) mass is 220 g/mol. The summed E-state index contributed by atoms with van der Waals surface area (Å²) in [4.78, 5) is 11.7. The van der Waals surface area contributed by atoms with E-state index in [9.17, 15) is 4.79 Å². The second kappa shape index (κ2) is 4.99. The first-order chi connectivity index (χ1) is 7.75. The van der Waals surface area contributed by atoms with Gasteiger partial charge < -0.3 is 15.8 Å². The Balaban J connectivity index is 1.89. The molecule has 0 aromatic heterocycles. The quantitative estimate of drug-likeness (QED) is 0.738. The average Bonchev–Trinajstić information content (AvgIpc) is 2.74. The molecule has 1 amide bonds. The summed E-state index contributed by atoms with van der Waals surface area (Å²) < 4.78 is 5.19. The van der Waals surface area contributed by atoms with E-state index in [0.717, 1.165) is 18.6 Å². The summed E-state index contributed by atoms with van der Waals surface area (Å²) in [6.07, 6.45) is 1.24. The van der Waals surface area contributed by atoms with E-state index in [-0.39, 0.29) is 11.9 Å². The Hall–Kier alpha value is -1.55. The summed E-state index contributed by atoms with van der Waals surface area (Å²) >= 11 is 0. The summed E-state index contributed by atoms with van der Waals surface area (Å²) in [6.45, 7) is 1.36. The highest BCUT2D eigenvalue weighted by Gasteiger charge is 2.17. The van der Waals surface area contributed by atoms with Crippen molar-refractivity contribution in [3.05, 3.63) is 29.8 Å². The Labute approximate surface area is 94.8 Å². The molecular formula is C12H16N2O2. The summed E-state index contributed by atoms with van der Waals surface area (Å²) in [5.74, 6) is 0.00778. The van der Waals surface area contributed by atoms with Crippen LogP contribution in [0.15, 0.2) is 24.3 Å². The number of ether oxygens (including phenoxy) is 1. The van der Waals surface area contributed by atoms with E-state index in [0.29, 0.717) is 18.7 Å². The van der Waals surface area contributed by atoms with Crippen molar-refractivity contribution in [3.63, 3.8) is 0 Å². The molecule has 4 heteroatoms. The molecule has 1 unspecified atom stereocenters. The van der Waals surface area contributed by atoms with Crippen LogP contribution in [0, 0.1) is 0 Å². The smallest absolute Gasteiger partial charge is 0.224 e. The highest BCUT2D eigenvalue weighted by atomic mass is 16.5. The van der Waals surface area contributed by atoms with Crippen LogP contribution in [0.3, 0.4) is 0 Å². The Morgan fingerprint density at radius 2 is 2.31 bits per heavy atom.